The van der Waals surface area contributed by atoms with E-state index in [0.717, 1.165) is 0 Å². The van der Waals surface area contributed by atoms with E-state index < -0.39 is 0 Å². The third kappa shape index (κ3) is 1.40. The van der Waals surface area contributed by atoms with Crippen LogP contribution in [0.5, 0.6) is 0 Å². The van der Waals surface area contributed by atoms with E-state index in [2.05, 4.69) is 43.3 Å². The fourth-order valence-corrected chi connectivity index (χ4v) is 1.92. The van der Waals surface area contributed by atoms with Crippen molar-refractivity contribution in [3.05, 3.63) is 41.5 Å². The second-order valence-corrected chi connectivity index (χ2v) is 3.62. The van der Waals surface area contributed by atoms with Gasteiger partial charge in [0, 0.05) is 12.5 Å². The van der Waals surface area contributed by atoms with Crippen LogP contribution in [0.15, 0.2) is 30.3 Å². The Kier molecular flexibility index (Phi) is 2.19. The smallest absolute Gasteiger partial charge is 0.0499 e. The third-order valence-corrected chi connectivity index (χ3v) is 2.86. The molecule has 0 aliphatic heterocycles. The first-order valence-electron chi connectivity index (χ1n) is 4.71. The second kappa shape index (κ2) is 3.35. The van der Waals surface area contributed by atoms with Gasteiger partial charge in [0.15, 0.2) is 0 Å². The lowest BCUT2D eigenvalue weighted by Gasteiger charge is -2.25. The predicted molar refractivity (Wildman–Crippen MR) is 54.5 cm³/mol. The molecular formula is C12H14O. The van der Waals surface area contributed by atoms with Crippen LogP contribution in [0.2, 0.25) is 0 Å². The molecule has 1 nitrogen and oxygen atoms in total. The molecule has 1 aromatic carbocycles. The summed E-state index contributed by atoms with van der Waals surface area (Å²) >= 11 is 0. The number of aliphatic hydroxyl groups excluding tert-OH is 1. The van der Waals surface area contributed by atoms with E-state index in [1.807, 2.05) is 0 Å². The standard InChI is InChI=1S/C12H14O/c1-9-11(8-13)7-6-10-4-2-3-5-12(9)10/h2-7,9,11,13H,8H2,1H3. The molecule has 0 saturated heterocycles. The molecule has 1 heteroatoms. The molecule has 13 heavy (non-hydrogen) atoms. The second-order valence-electron chi connectivity index (χ2n) is 3.62. The van der Waals surface area contributed by atoms with Crippen LogP contribution < -0.4 is 0 Å². The van der Waals surface area contributed by atoms with Gasteiger partial charge in [-0.2, -0.15) is 0 Å². The summed E-state index contributed by atoms with van der Waals surface area (Å²) in [6, 6.07) is 8.38. The molecule has 0 saturated carbocycles. The van der Waals surface area contributed by atoms with Gasteiger partial charge >= 0.3 is 0 Å². The maximum absolute atomic E-state index is 9.14. The average Bonchev–Trinajstić information content (AvgIpc) is 2.19. The van der Waals surface area contributed by atoms with Crippen LogP contribution in [-0.4, -0.2) is 11.7 Å². The van der Waals surface area contributed by atoms with Gasteiger partial charge < -0.3 is 5.11 Å². The average molecular weight is 174 g/mol. The van der Waals surface area contributed by atoms with Gasteiger partial charge in [0.05, 0.1) is 0 Å². The van der Waals surface area contributed by atoms with Crippen LogP contribution in [-0.2, 0) is 0 Å². The zero-order chi connectivity index (χ0) is 9.26. The Morgan fingerprint density at radius 2 is 2.08 bits per heavy atom. The molecule has 0 aromatic heterocycles. The van der Waals surface area contributed by atoms with Crippen molar-refractivity contribution in [2.24, 2.45) is 5.92 Å². The van der Waals surface area contributed by atoms with Crippen LogP contribution in [0.4, 0.5) is 0 Å². The summed E-state index contributed by atoms with van der Waals surface area (Å²) in [5.74, 6) is 0.723. The first-order valence-corrected chi connectivity index (χ1v) is 4.71. The minimum atomic E-state index is 0.242. The van der Waals surface area contributed by atoms with Gasteiger partial charge in [0.25, 0.3) is 0 Å². The number of fused-ring (bicyclic) bond motifs is 1. The molecule has 0 radical (unpaired) electrons. The highest BCUT2D eigenvalue weighted by Gasteiger charge is 2.20. The van der Waals surface area contributed by atoms with Crippen LogP contribution in [0.1, 0.15) is 24.0 Å². The highest BCUT2D eigenvalue weighted by atomic mass is 16.3. The third-order valence-electron chi connectivity index (χ3n) is 2.86. The molecule has 0 fully saturated rings. The molecule has 2 rings (SSSR count). The summed E-state index contributed by atoms with van der Waals surface area (Å²) in [5.41, 5.74) is 2.64. The Morgan fingerprint density at radius 1 is 1.31 bits per heavy atom. The maximum Gasteiger partial charge on any atom is 0.0499 e. The Bertz CT molecular complexity index is 328. The maximum atomic E-state index is 9.14. The van der Waals surface area contributed by atoms with E-state index >= 15 is 0 Å². The summed E-state index contributed by atoms with van der Waals surface area (Å²) in [6.45, 7) is 2.41. The first-order chi connectivity index (χ1) is 6.33. The van der Waals surface area contributed by atoms with Crippen molar-refractivity contribution in [3.8, 4) is 0 Å². The molecule has 68 valence electrons. The molecule has 0 bridgehead atoms. The van der Waals surface area contributed by atoms with Crippen LogP contribution in [0, 0.1) is 5.92 Å². The van der Waals surface area contributed by atoms with E-state index in [4.69, 9.17) is 5.11 Å². The van der Waals surface area contributed by atoms with Gasteiger partial charge in [-0.1, -0.05) is 43.3 Å². The van der Waals surface area contributed by atoms with Crippen LogP contribution >= 0.6 is 0 Å². The van der Waals surface area contributed by atoms with E-state index in [1.54, 1.807) is 0 Å². The van der Waals surface area contributed by atoms with Crippen molar-refractivity contribution >= 4 is 6.08 Å². The molecule has 1 aliphatic rings. The molecule has 2 atom stereocenters. The lowest BCUT2D eigenvalue weighted by atomic mass is 9.81. The lowest BCUT2D eigenvalue weighted by molar-refractivity contribution is 0.237. The Hall–Kier alpha value is -1.08. The largest absolute Gasteiger partial charge is 0.396 e. The molecule has 0 heterocycles. The minimum Gasteiger partial charge on any atom is -0.396 e. The van der Waals surface area contributed by atoms with E-state index in [0.29, 0.717) is 5.92 Å². The number of hydrogen-bond acceptors (Lipinski definition) is 1. The predicted octanol–water partition coefficient (Wildman–Crippen LogP) is 2.43. The highest BCUT2D eigenvalue weighted by molar-refractivity contribution is 5.58. The molecule has 0 amide bonds. The number of rotatable bonds is 1. The lowest BCUT2D eigenvalue weighted by Crippen LogP contribution is -2.15. The zero-order valence-electron chi connectivity index (χ0n) is 7.77. The Morgan fingerprint density at radius 3 is 2.85 bits per heavy atom. The molecule has 1 N–H and O–H groups in total. The number of benzene rings is 1. The van der Waals surface area contributed by atoms with Crippen LogP contribution in [0.25, 0.3) is 6.08 Å². The van der Waals surface area contributed by atoms with Crippen molar-refractivity contribution in [1.29, 1.82) is 0 Å². The number of aliphatic hydroxyl groups is 1. The summed E-state index contributed by atoms with van der Waals surface area (Å²) in [7, 11) is 0. The van der Waals surface area contributed by atoms with Crippen molar-refractivity contribution in [3.63, 3.8) is 0 Å². The van der Waals surface area contributed by atoms with Crippen molar-refractivity contribution in [2.75, 3.05) is 6.61 Å². The normalized spacial score (nSPS) is 25.7. The molecule has 1 aromatic rings. The monoisotopic (exact) mass is 174 g/mol. The van der Waals surface area contributed by atoms with Gasteiger partial charge in [-0.15, -0.1) is 0 Å². The van der Waals surface area contributed by atoms with Crippen molar-refractivity contribution in [1.82, 2.24) is 0 Å². The summed E-state index contributed by atoms with van der Waals surface area (Å²) in [6.07, 6.45) is 4.21. The number of hydrogen-bond donors (Lipinski definition) is 1. The quantitative estimate of drug-likeness (QED) is 0.693. The Labute approximate surface area is 78.7 Å². The topological polar surface area (TPSA) is 20.2 Å². The zero-order valence-corrected chi connectivity index (χ0v) is 7.77. The van der Waals surface area contributed by atoms with Gasteiger partial charge in [0.1, 0.15) is 0 Å². The van der Waals surface area contributed by atoms with E-state index in [1.165, 1.54) is 11.1 Å². The van der Waals surface area contributed by atoms with Crippen LogP contribution in [0.3, 0.4) is 0 Å². The Balaban J connectivity index is 2.42. The van der Waals surface area contributed by atoms with Gasteiger partial charge in [-0.25, -0.2) is 0 Å². The summed E-state index contributed by atoms with van der Waals surface area (Å²) in [5, 5.41) is 9.14. The van der Waals surface area contributed by atoms with Gasteiger partial charge in [-0.3, -0.25) is 0 Å². The van der Waals surface area contributed by atoms with E-state index in [9.17, 15) is 0 Å². The fourth-order valence-electron chi connectivity index (χ4n) is 1.92. The fraction of sp³-hybridized carbons (Fsp3) is 0.333. The van der Waals surface area contributed by atoms with Crippen molar-refractivity contribution in [2.45, 2.75) is 12.8 Å². The molecule has 1 aliphatic carbocycles. The SMILES string of the molecule is CC1c2ccccc2C=CC1CO. The molecular weight excluding hydrogens is 160 g/mol. The first kappa shape index (κ1) is 8.52. The summed E-state index contributed by atoms with van der Waals surface area (Å²) < 4.78 is 0. The van der Waals surface area contributed by atoms with Crippen molar-refractivity contribution < 1.29 is 5.11 Å². The summed E-state index contributed by atoms with van der Waals surface area (Å²) in [4.78, 5) is 0. The minimum absolute atomic E-state index is 0.242. The highest BCUT2D eigenvalue weighted by Crippen LogP contribution is 2.32. The molecule has 0 spiro atoms. The molecule has 2 unspecified atom stereocenters. The van der Waals surface area contributed by atoms with Gasteiger partial charge in [-0.05, 0) is 17.0 Å². The van der Waals surface area contributed by atoms with E-state index in [-0.39, 0.29) is 12.5 Å². The van der Waals surface area contributed by atoms with Gasteiger partial charge in [0.2, 0.25) is 0 Å².